The highest BCUT2D eigenvalue weighted by atomic mass is 35.5. The van der Waals surface area contributed by atoms with Gasteiger partial charge in [-0.05, 0) is 38.1 Å². The fraction of sp³-hybridized carbons (Fsp3) is 0.500. The van der Waals surface area contributed by atoms with Crippen molar-refractivity contribution in [2.24, 2.45) is 0 Å². The Hall–Kier alpha value is -0.770. The van der Waals surface area contributed by atoms with Gasteiger partial charge in [0, 0.05) is 30.7 Å². The third-order valence-corrected chi connectivity index (χ3v) is 5.04. The first kappa shape index (κ1) is 13.2. The van der Waals surface area contributed by atoms with Gasteiger partial charge in [0.1, 0.15) is 0 Å². The van der Waals surface area contributed by atoms with Gasteiger partial charge in [-0.1, -0.05) is 23.2 Å². The molecule has 3 rings (SSSR count). The number of amides is 1. The molecule has 5 heteroatoms. The van der Waals surface area contributed by atoms with Gasteiger partial charge in [-0.2, -0.15) is 0 Å². The second-order valence-corrected chi connectivity index (χ2v) is 6.17. The van der Waals surface area contributed by atoms with Gasteiger partial charge in [0.15, 0.2) is 0 Å². The number of benzene rings is 1. The molecular formula is C14H16Cl2N2O. The highest BCUT2D eigenvalue weighted by Gasteiger charge is 2.38. The highest BCUT2D eigenvalue weighted by molar-refractivity contribution is 6.42. The minimum atomic E-state index is 0.178. The number of fused-ring (bicyclic) bond motifs is 2. The Balaban J connectivity index is 1.91. The molecule has 2 heterocycles. The van der Waals surface area contributed by atoms with Crippen LogP contribution in [0, 0.1) is 0 Å². The molecule has 2 bridgehead atoms. The number of hydrogen-bond acceptors (Lipinski definition) is 2. The zero-order valence-corrected chi connectivity index (χ0v) is 12.3. The van der Waals surface area contributed by atoms with Crippen molar-refractivity contribution in [2.45, 2.75) is 31.3 Å². The SMILES string of the molecule is CN1C2CCC1CN(c1ccc(Cl)c(Cl)c1)C(=O)C2. The largest absolute Gasteiger partial charge is 0.311 e. The quantitative estimate of drug-likeness (QED) is 0.795. The van der Waals surface area contributed by atoms with E-state index in [2.05, 4.69) is 11.9 Å². The van der Waals surface area contributed by atoms with Crippen molar-refractivity contribution in [1.29, 1.82) is 0 Å². The van der Waals surface area contributed by atoms with Crippen LogP contribution in [0.1, 0.15) is 19.3 Å². The fourth-order valence-corrected chi connectivity index (χ4v) is 3.38. The zero-order valence-electron chi connectivity index (χ0n) is 10.8. The first-order valence-electron chi connectivity index (χ1n) is 6.53. The van der Waals surface area contributed by atoms with Crippen molar-refractivity contribution in [1.82, 2.24) is 4.90 Å². The summed E-state index contributed by atoms with van der Waals surface area (Å²) in [5.41, 5.74) is 0.848. The van der Waals surface area contributed by atoms with Crippen LogP contribution in [0.5, 0.6) is 0 Å². The molecule has 3 nitrogen and oxygen atoms in total. The summed E-state index contributed by atoms with van der Waals surface area (Å²) in [5.74, 6) is 0.178. The van der Waals surface area contributed by atoms with Crippen molar-refractivity contribution >= 4 is 34.8 Å². The molecule has 2 atom stereocenters. The number of hydrogen-bond donors (Lipinski definition) is 0. The minimum Gasteiger partial charge on any atom is -0.311 e. The van der Waals surface area contributed by atoms with E-state index in [9.17, 15) is 4.79 Å². The number of nitrogens with zero attached hydrogens (tertiary/aromatic N) is 2. The topological polar surface area (TPSA) is 23.6 Å². The highest BCUT2D eigenvalue weighted by Crippen LogP contribution is 2.33. The van der Waals surface area contributed by atoms with Gasteiger partial charge >= 0.3 is 0 Å². The van der Waals surface area contributed by atoms with Gasteiger partial charge in [-0.25, -0.2) is 0 Å². The summed E-state index contributed by atoms with van der Waals surface area (Å²) >= 11 is 12.0. The first-order chi connectivity index (χ1) is 9.06. The molecule has 0 aromatic heterocycles. The maximum Gasteiger partial charge on any atom is 0.228 e. The Morgan fingerprint density at radius 1 is 1.16 bits per heavy atom. The van der Waals surface area contributed by atoms with Gasteiger partial charge < -0.3 is 4.90 Å². The molecule has 2 unspecified atom stereocenters. The van der Waals surface area contributed by atoms with Crippen LogP contribution < -0.4 is 4.90 Å². The van der Waals surface area contributed by atoms with Crippen LogP contribution in [0.3, 0.4) is 0 Å². The summed E-state index contributed by atoms with van der Waals surface area (Å²) in [5, 5.41) is 1.01. The lowest BCUT2D eigenvalue weighted by molar-refractivity contribution is -0.119. The lowest BCUT2D eigenvalue weighted by atomic mass is 10.1. The Bertz CT molecular complexity index is 520. The van der Waals surface area contributed by atoms with Gasteiger partial charge in [0.25, 0.3) is 0 Å². The van der Waals surface area contributed by atoms with E-state index in [0.717, 1.165) is 25.1 Å². The molecule has 1 aromatic carbocycles. The van der Waals surface area contributed by atoms with Crippen molar-refractivity contribution in [3.05, 3.63) is 28.2 Å². The number of likely N-dealkylation sites (N-methyl/N-ethyl adjacent to an activating group) is 1. The average molecular weight is 299 g/mol. The van der Waals surface area contributed by atoms with Crippen LogP contribution in [0.25, 0.3) is 0 Å². The number of halogens is 2. The summed E-state index contributed by atoms with van der Waals surface area (Å²) in [6.45, 7) is 0.740. The zero-order chi connectivity index (χ0) is 13.6. The van der Waals surface area contributed by atoms with Crippen LogP contribution in [0.15, 0.2) is 18.2 Å². The molecule has 19 heavy (non-hydrogen) atoms. The molecule has 0 aliphatic carbocycles. The van der Waals surface area contributed by atoms with Crippen LogP contribution in [-0.4, -0.2) is 36.5 Å². The van der Waals surface area contributed by atoms with Gasteiger partial charge in [-0.3, -0.25) is 9.69 Å². The van der Waals surface area contributed by atoms with E-state index in [1.807, 2.05) is 11.0 Å². The van der Waals surface area contributed by atoms with Gasteiger partial charge in [0.05, 0.1) is 10.0 Å². The van der Waals surface area contributed by atoms with Crippen molar-refractivity contribution < 1.29 is 4.79 Å². The van der Waals surface area contributed by atoms with E-state index >= 15 is 0 Å². The van der Waals surface area contributed by atoms with E-state index in [1.54, 1.807) is 12.1 Å². The first-order valence-corrected chi connectivity index (χ1v) is 7.29. The molecule has 0 N–H and O–H groups in total. The average Bonchev–Trinajstić information content (AvgIpc) is 2.64. The van der Waals surface area contributed by atoms with Crippen molar-refractivity contribution in [2.75, 3.05) is 18.5 Å². The second kappa shape index (κ2) is 4.97. The van der Waals surface area contributed by atoms with Crippen LogP contribution in [0.4, 0.5) is 5.69 Å². The van der Waals surface area contributed by atoms with Crippen LogP contribution >= 0.6 is 23.2 Å². The Morgan fingerprint density at radius 2 is 1.89 bits per heavy atom. The summed E-state index contributed by atoms with van der Waals surface area (Å²) < 4.78 is 0. The summed E-state index contributed by atoms with van der Waals surface area (Å²) in [6, 6.07) is 6.24. The fourth-order valence-electron chi connectivity index (χ4n) is 3.08. The lowest BCUT2D eigenvalue weighted by Gasteiger charge is -2.26. The summed E-state index contributed by atoms with van der Waals surface area (Å²) in [6.07, 6.45) is 2.88. The molecular weight excluding hydrogens is 283 g/mol. The molecule has 1 amide bonds. The van der Waals surface area contributed by atoms with Gasteiger partial charge in [0.2, 0.25) is 5.91 Å². The molecule has 2 aliphatic rings. The lowest BCUT2D eigenvalue weighted by Crippen LogP contribution is -2.38. The molecule has 102 valence electrons. The number of carbonyl (C=O) groups is 1. The summed E-state index contributed by atoms with van der Waals surface area (Å²) in [7, 11) is 2.12. The van der Waals surface area contributed by atoms with E-state index in [4.69, 9.17) is 23.2 Å². The number of carbonyl (C=O) groups excluding carboxylic acids is 1. The number of rotatable bonds is 1. The van der Waals surface area contributed by atoms with Gasteiger partial charge in [-0.15, -0.1) is 0 Å². The molecule has 2 saturated heterocycles. The third-order valence-electron chi connectivity index (χ3n) is 4.30. The molecule has 1 aromatic rings. The predicted octanol–water partition coefficient (Wildman–Crippen LogP) is 3.19. The van der Waals surface area contributed by atoms with Crippen LogP contribution in [0.2, 0.25) is 10.0 Å². The Morgan fingerprint density at radius 3 is 2.63 bits per heavy atom. The Kier molecular flexibility index (Phi) is 3.46. The Labute approximate surface area is 123 Å². The van der Waals surface area contributed by atoms with E-state index < -0.39 is 0 Å². The molecule has 2 aliphatic heterocycles. The van der Waals surface area contributed by atoms with Crippen LogP contribution in [-0.2, 0) is 4.79 Å². The van der Waals surface area contributed by atoms with E-state index in [0.29, 0.717) is 28.5 Å². The standard InChI is InChI=1S/C14H16Cl2N2O/c1-17-9-2-3-11(17)8-18(14(19)7-9)10-4-5-12(15)13(16)6-10/h4-6,9,11H,2-3,7-8H2,1H3. The summed E-state index contributed by atoms with van der Waals surface area (Å²) in [4.78, 5) is 16.6. The second-order valence-electron chi connectivity index (χ2n) is 5.36. The predicted molar refractivity (Wildman–Crippen MR) is 78.0 cm³/mol. The molecule has 0 spiro atoms. The minimum absolute atomic E-state index is 0.178. The number of anilines is 1. The van der Waals surface area contributed by atoms with E-state index in [-0.39, 0.29) is 5.91 Å². The van der Waals surface area contributed by atoms with E-state index in [1.165, 1.54) is 0 Å². The van der Waals surface area contributed by atoms with Crippen molar-refractivity contribution in [3.8, 4) is 0 Å². The smallest absolute Gasteiger partial charge is 0.228 e. The third kappa shape index (κ3) is 2.35. The van der Waals surface area contributed by atoms with Crippen molar-refractivity contribution in [3.63, 3.8) is 0 Å². The molecule has 0 saturated carbocycles. The maximum atomic E-state index is 12.4. The normalized spacial score (nSPS) is 27.7. The molecule has 2 fully saturated rings. The maximum absolute atomic E-state index is 12.4. The monoisotopic (exact) mass is 298 g/mol. The molecule has 0 radical (unpaired) electrons.